The number of methoxy groups -OCH3 is 1. The first-order valence-electron chi connectivity index (χ1n) is 6.72. The van der Waals surface area contributed by atoms with Crippen LogP contribution in [0, 0.1) is 13.8 Å². The maximum Gasteiger partial charge on any atom is 0.155 e. The SMILES string of the molecule is COc1cc(C)c(S(=O)N(C)CCOCC(C)=O)c(C)c1. The molecule has 0 N–H and O–H groups in total. The highest BCUT2D eigenvalue weighted by molar-refractivity contribution is 7.82. The zero-order valence-electron chi connectivity index (χ0n) is 13.3. The molecule has 1 atom stereocenters. The molecule has 0 aliphatic rings. The molecule has 118 valence electrons. The van der Waals surface area contributed by atoms with E-state index in [-0.39, 0.29) is 12.4 Å². The largest absolute Gasteiger partial charge is 0.497 e. The van der Waals surface area contributed by atoms with E-state index in [2.05, 4.69) is 0 Å². The minimum absolute atomic E-state index is 0.0133. The van der Waals surface area contributed by atoms with Crippen molar-refractivity contribution in [2.24, 2.45) is 0 Å². The first-order chi connectivity index (χ1) is 9.86. The molecule has 21 heavy (non-hydrogen) atoms. The molecule has 1 aromatic rings. The molecule has 0 saturated carbocycles. The van der Waals surface area contributed by atoms with Gasteiger partial charge in [-0.15, -0.1) is 0 Å². The molecule has 0 aromatic heterocycles. The minimum Gasteiger partial charge on any atom is -0.497 e. The fourth-order valence-corrected chi connectivity index (χ4v) is 3.17. The van der Waals surface area contributed by atoms with Crippen molar-refractivity contribution < 1.29 is 18.5 Å². The lowest BCUT2D eigenvalue weighted by molar-refractivity contribution is -0.121. The van der Waals surface area contributed by atoms with Crippen molar-refractivity contribution in [1.29, 1.82) is 0 Å². The van der Waals surface area contributed by atoms with Gasteiger partial charge in [0.15, 0.2) is 5.78 Å². The molecule has 1 rings (SSSR count). The summed E-state index contributed by atoms with van der Waals surface area (Å²) in [6.45, 7) is 6.28. The van der Waals surface area contributed by atoms with Crippen molar-refractivity contribution >= 4 is 16.8 Å². The summed E-state index contributed by atoms with van der Waals surface area (Å²) < 4.78 is 24.7. The maximum absolute atomic E-state index is 12.6. The Labute approximate surface area is 128 Å². The number of ketones is 1. The molecule has 0 spiro atoms. The third-order valence-corrected chi connectivity index (χ3v) is 4.73. The van der Waals surface area contributed by atoms with Crippen LogP contribution >= 0.6 is 0 Å². The lowest BCUT2D eigenvalue weighted by Gasteiger charge is -2.19. The van der Waals surface area contributed by atoms with Gasteiger partial charge in [-0.3, -0.25) is 4.79 Å². The third kappa shape index (κ3) is 5.22. The maximum atomic E-state index is 12.6. The van der Waals surface area contributed by atoms with Crippen LogP contribution in [0.5, 0.6) is 5.75 Å². The zero-order valence-corrected chi connectivity index (χ0v) is 14.1. The number of hydrogen-bond donors (Lipinski definition) is 0. The highest BCUT2D eigenvalue weighted by atomic mass is 32.2. The molecule has 0 amide bonds. The molecule has 1 aromatic carbocycles. The molecule has 0 bridgehead atoms. The second-order valence-electron chi connectivity index (χ2n) is 4.95. The lowest BCUT2D eigenvalue weighted by Crippen LogP contribution is -2.27. The number of nitrogens with zero attached hydrogens (tertiary/aromatic N) is 1. The van der Waals surface area contributed by atoms with Crippen molar-refractivity contribution in [1.82, 2.24) is 4.31 Å². The molecule has 1 unspecified atom stereocenters. The van der Waals surface area contributed by atoms with Crippen LogP contribution in [0.1, 0.15) is 18.1 Å². The molecular weight excluding hydrogens is 290 g/mol. The van der Waals surface area contributed by atoms with E-state index < -0.39 is 11.0 Å². The number of likely N-dealkylation sites (N-methyl/N-ethyl adjacent to an activating group) is 1. The Bertz CT molecular complexity index is 507. The van der Waals surface area contributed by atoms with Crippen molar-refractivity contribution in [2.75, 3.05) is 33.9 Å². The van der Waals surface area contributed by atoms with Gasteiger partial charge >= 0.3 is 0 Å². The highest BCUT2D eigenvalue weighted by Gasteiger charge is 2.16. The van der Waals surface area contributed by atoms with Gasteiger partial charge in [-0.05, 0) is 44.0 Å². The topological polar surface area (TPSA) is 55.8 Å². The Hall–Kier alpha value is -1.24. The number of rotatable bonds is 8. The molecule has 0 heterocycles. The Morgan fingerprint density at radius 2 is 1.86 bits per heavy atom. The van der Waals surface area contributed by atoms with Crippen LogP contribution in [-0.2, 0) is 20.5 Å². The van der Waals surface area contributed by atoms with Crippen LogP contribution in [0.2, 0.25) is 0 Å². The first kappa shape index (κ1) is 17.8. The number of carbonyl (C=O) groups excluding carboxylic acids is 1. The number of Topliss-reactive ketones (excluding diaryl/α,β-unsaturated/α-hetero) is 1. The van der Waals surface area contributed by atoms with Gasteiger partial charge in [0.05, 0.1) is 18.6 Å². The van der Waals surface area contributed by atoms with Gasteiger partial charge in [0.25, 0.3) is 0 Å². The highest BCUT2D eigenvalue weighted by Crippen LogP contribution is 2.25. The van der Waals surface area contributed by atoms with Crippen LogP contribution in [0.25, 0.3) is 0 Å². The number of hydrogen-bond acceptors (Lipinski definition) is 4. The average molecular weight is 313 g/mol. The lowest BCUT2D eigenvalue weighted by atomic mass is 10.1. The van der Waals surface area contributed by atoms with Gasteiger partial charge in [0, 0.05) is 13.6 Å². The predicted octanol–water partition coefficient (Wildman–Crippen LogP) is 1.87. The Kier molecular flexibility index (Phi) is 7.01. The van der Waals surface area contributed by atoms with E-state index in [1.54, 1.807) is 18.5 Å². The molecule has 0 radical (unpaired) electrons. The fraction of sp³-hybridized carbons (Fsp3) is 0.533. The third-order valence-electron chi connectivity index (χ3n) is 2.98. The predicted molar refractivity (Wildman–Crippen MR) is 83.0 cm³/mol. The number of ether oxygens (including phenoxy) is 2. The molecule has 0 aliphatic carbocycles. The Balaban J connectivity index is 2.72. The summed E-state index contributed by atoms with van der Waals surface area (Å²) in [4.78, 5) is 11.6. The first-order valence-corrected chi connectivity index (χ1v) is 7.83. The van der Waals surface area contributed by atoms with E-state index in [1.807, 2.05) is 26.0 Å². The fourth-order valence-electron chi connectivity index (χ4n) is 1.95. The monoisotopic (exact) mass is 313 g/mol. The van der Waals surface area contributed by atoms with Gasteiger partial charge in [-0.2, -0.15) is 0 Å². The van der Waals surface area contributed by atoms with Crippen LogP contribution in [0.4, 0.5) is 0 Å². The van der Waals surface area contributed by atoms with E-state index in [0.717, 1.165) is 21.8 Å². The van der Waals surface area contributed by atoms with Crippen molar-refractivity contribution in [3.05, 3.63) is 23.3 Å². The number of aryl methyl sites for hydroxylation is 2. The second kappa shape index (κ2) is 8.26. The second-order valence-corrected chi connectivity index (χ2v) is 6.48. The number of benzene rings is 1. The quantitative estimate of drug-likeness (QED) is 0.688. The van der Waals surface area contributed by atoms with Crippen LogP contribution in [0.3, 0.4) is 0 Å². The summed E-state index contributed by atoms with van der Waals surface area (Å²) >= 11 is 0. The summed E-state index contributed by atoms with van der Waals surface area (Å²) in [6.07, 6.45) is 0. The van der Waals surface area contributed by atoms with Gasteiger partial charge in [-0.1, -0.05) is 0 Å². The standard InChI is InChI=1S/C15H23NO4S/c1-11-8-14(19-5)9-12(2)15(11)21(18)16(4)6-7-20-10-13(3)17/h8-9H,6-7,10H2,1-5H3. The van der Waals surface area contributed by atoms with Crippen molar-refractivity contribution in [3.63, 3.8) is 0 Å². The van der Waals surface area contributed by atoms with E-state index in [4.69, 9.17) is 9.47 Å². The molecule has 0 saturated heterocycles. The number of carbonyl (C=O) groups is 1. The van der Waals surface area contributed by atoms with Gasteiger partial charge in [-0.25, -0.2) is 8.51 Å². The van der Waals surface area contributed by atoms with E-state index in [1.165, 1.54) is 6.92 Å². The van der Waals surface area contributed by atoms with E-state index >= 15 is 0 Å². The van der Waals surface area contributed by atoms with Gasteiger partial charge < -0.3 is 9.47 Å². The van der Waals surface area contributed by atoms with Gasteiger partial charge in [0.2, 0.25) is 0 Å². The van der Waals surface area contributed by atoms with E-state index in [9.17, 15) is 9.00 Å². The molecule has 0 fully saturated rings. The summed E-state index contributed by atoms with van der Waals surface area (Å²) in [6, 6.07) is 3.75. The molecule has 0 aliphatic heterocycles. The van der Waals surface area contributed by atoms with Crippen molar-refractivity contribution in [3.8, 4) is 5.75 Å². The molecular formula is C15H23NO4S. The summed E-state index contributed by atoms with van der Waals surface area (Å²) in [5, 5.41) is 0. The Morgan fingerprint density at radius 3 is 2.33 bits per heavy atom. The summed E-state index contributed by atoms with van der Waals surface area (Å²) in [7, 11) is 2.13. The minimum atomic E-state index is -1.26. The van der Waals surface area contributed by atoms with Crippen LogP contribution in [0.15, 0.2) is 17.0 Å². The van der Waals surface area contributed by atoms with Crippen molar-refractivity contribution in [2.45, 2.75) is 25.7 Å². The summed E-state index contributed by atoms with van der Waals surface area (Å²) in [5.74, 6) is 0.749. The van der Waals surface area contributed by atoms with Gasteiger partial charge in [0.1, 0.15) is 23.3 Å². The Morgan fingerprint density at radius 1 is 1.29 bits per heavy atom. The summed E-state index contributed by atoms with van der Waals surface area (Å²) in [5.41, 5.74) is 1.86. The molecule has 5 nitrogen and oxygen atoms in total. The normalized spacial score (nSPS) is 12.5. The molecule has 6 heteroatoms. The van der Waals surface area contributed by atoms with Crippen LogP contribution < -0.4 is 4.74 Å². The average Bonchev–Trinajstić information content (AvgIpc) is 2.41. The van der Waals surface area contributed by atoms with Crippen LogP contribution in [-0.4, -0.2) is 48.2 Å². The zero-order chi connectivity index (χ0) is 16.0. The van der Waals surface area contributed by atoms with E-state index in [0.29, 0.717) is 13.2 Å². The smallest absolute Gasteiger partial charge is 0.155 e.